The minimum Gasteiger partial charge on any atom is -0.347 e. The van der Waals surface area contributed by atoms with Crippen molar-refractivity contribution in [2.45, 2.75) is 25.9 Å². The van der Waals surface area contributed by atoms with Crippen LogP contribution in [0.1, 0.15) is 37.3 Å². The molecular formula is C13H16BrN3. The molecule has 1 aromatic heterocycles. The van der Waals surface area contributed by atoms with Crippen LogP contribution in [0.2, 0.25) is 0 Å². The van der Waals surface area contributed by atoms with Gasteiger partial charge in [-0.3, -0.25) is 0 Å². The molecule has 0 spiro atoms. The normalized spacial score (nSPS) is 14.5. The number of rotatable bonds is 4. The number of imidazole rings is 1. The lowest BCUT2D eigenvalue weighted by Gasteiger charge is -2.20. The van der Waals surface area contributed by atoms with E-state index in [-0.39, 0.29) is 12.1 Å². The van der Waals surface area contributed by atoms with Crippen molar-refractivity contribution in [3.63, 3.8) is 0 Å². The van der Waals surface area contributed by atoms with Gasteiger partial charge < -0.3 is 10.3 Å². The molecule has 1 heterocycles. The highest BCUT2D eigenvalue weighted by Gasteiger charge is 2.14. The van der Waals surface area contributed by atoms with Crippen molar-refractivity contribution in [3.8, 4) is 0 Å². The van der Waals surface area contributed by atoms with Gasteiger partial charge >= 0.3 is 0 Å². The lowest BCUT2D eigenvalue weighted by molar-refractivity contribution is 0.478. The van der Waals surface area contributed by atoms with E-state index in [4.69, 9.17) is 0 Å². The summed E-state index contributed by atoms with van der Waals surface area (Å²) in [6.07, 6.45) is 3.62. The van der Waals surface area contributed by atoms with Gasteiger partial charge in [-0.2, -0.15) is 0 Å². The smallest absolute Gasteiger partial charge is 0.122 e. The molecule has 1 aromatic carbocycles. The number of nitrogens with zero attached hydrogens (tertiary/aromatic N) is 1. The van der Waals surface area contributed by atoms with E-state index < -0.39 is 0 Å². The Morgan fingerprint density at radius 2 is 2.00 bits per heavy atom. The lowest BCUT2D eigenvalue weighted by atomic mass is 10.1. The van der Waals surface area contributed by atoms with Crippen LogP contribution in [-0.4, -0.2) is 9.97 Å². The quantitative estimate of drug-likeness (QED) is 0.904. The van der Waals surface area contributed by atoms with E-state index in [0.29, 0.717) is 0 Å². The molecule has 17 heavy (non-hydrogen) atoms. The van der Waals surface area contributed by atoms with E-state index >= 15 is 0 Å². The van der Waals surface area contributed by atoms with Crippen LogP contribution in [0.15, 0.2) is 41.1 Å². The Labute approximate surface area is 110 Å². The number of aromatic amines is 1. The summed E-state index contributed by atoms with van der Waals surface area (Å²) >= 11 is 3.57. The SMILES string of the molecule is C[C@H](N[C@@H](C)c1ccccc1Br)c1ncc[nH]1. The first kappa shape index (κ1) is 12.3. The van der Waals surface area contributed by atoms with E-state index in [0.717, 1.165) is 10.3 Å². The Morgan fingerprint density at radius 3 is 2.65 bits per heavy atom. The van der Waals surface area contributed by atoms with Gasteiger partial charge in [-0.05, 0) is 25.5 Å². The molecule has 0 aliphatic heterocycles. The molecule has 0 unspecified atom stereocenters. The molecule has 2 aromatic rings. The summed E-state index contributed by atoms with van der Waals surface area (Å²) in [5.74, 6) is 0.962. The van der Waals surface area contributed by atoms with Gasteiger partial charge in [0.1, 0.15) is 5.82 Å². The van der Waals surface area contributed by atoms with Crippen molar-refractivity contribution in [2.75, 3.05) is 0 Å². The van der Waals surface area contributed by atoms with Gasteiger partial charge in [0.25, 0.3) is 0 Å². The highest BCUT2D eigenvalue weighted by molar-refractivity contribution is 9.10. The first-order valence-corrected chi connectivity index (χ1v) is 6.47. The first-order chi connectivity index (χ1) is 8.18. The highest BCUT2D eigenvalue weighted by atomic mass is 79.9. The summed E-state index contributed by atoms with van der Waals surface area (Å²) in [4.78, 5) is 7.38. The van der Waals surface area contributed by atoms with Crippen molar-refractivity contribution < 1.29 is 0 Å². The molecule has 4 heteroatoms. The maximum atomic E-state index is 4.26. The molecule has 0 saturated heterocycles. The van der Waals surface area contributed by atoms with Crippen LogP contribution in [0.25, 0.3) is 0 Å². The topological polar surface area (TPSA) is 40.7 Å². The molecule has 0 bridgehead atoms. The molecule has 2 N–H and O–H groups in total. The third-order valence-electron chi connectivity index (χ3n) is 2.80. The largest absolute Gasteiger partial charge is 0.347 e. The van der Waals surface area contributed by atoms with Crippen molar-refractivity contribution in [2.24, 2.45) is 0 Å². The van der Waals surface area contributed by atoms with Crippen LogP contribution in [0.3, 0.4) is 0 Å². The summed E-state index contributed by atoms with van der Waals surface area (Å²) in [7, 11) is 0. The van der Waals surface area contributed by atoms with Gasteiger partial charge in [0.2, 0.25) is 0 Å². The molecule has 0 aliphatic carbocycles. The Morgan fingerprint density at radius 1 is 1.24 bits per heavy atom. The molecule has 0 radical (unpaired) electrons. The lowest BCUT2D eigenvalue weighted by Crippen LogP contribution is -2.23. The molecule has 2 rings (SSSR count). The standard InChI is InChI=1S/C13H16BrN3/c1-9(11-5-3-4-6-12(11)14)17-10(2)13-15-7-8-16-13/h3-10,17H,1-2H3,(H,15,16)/t9-,10-/m0/s1. The van der Waals surface area contributed by atoms with Crippen LogP contribution >= 0.6 is 15.9 Å². The number of hydrogen-bond donors (Lipinski definition) is 2. The molecule has 0 amide bonds. The molecular weight excluding hydrogens is 278 g/mol. The number of H-pyrrole nitrogens is 1. The molecule has 90 valence electrons. The molecule has 0 saturated carbocycles. The monoisotopic (exact) mass is 293 g/mol. The zero-order valence-corrected chi connectivity index (χ0v) is 11.5. The Kier molecular flexibility index (Phi) is 3.97. The summed E-state index contributed by atoms with van der Waals surface area (Å²) in [6, 6.07) is 8.73. The van der Waals surface area contributed by atoms with Gasteiger partial charge in [0, 0.05) is 22.9 Å². The van der Waals surface area contributed by atoms with Crippen LogP contribution in [-0.2, 0) is 0 Å². The van der Waals surface area contributed by atoms with Gasteiger partial charge in [0.05, 0.1) is 6.04 Å². The highest BCUT2D eigenvalue weighted by Crippen LogP contribution is 2.24. The summed E-state index contributed by atoms with van der Waals surface area (Å²) in [5.41, 5.74) is 1.26. The maximum Gasteiger partial charge on any atom is 0.122 e. The van der Waals surface area contributed by atoms with Gasteiger partial charge in [-0.15, -0.1) is 0 Å². The Hall–Kier alpha value is -1.13. The molecule has 0 aliphatic rings. The van der Waals surface area contributed by atoms with Crippen LogP contribution in [0.5, 0.6) is 0 Å². The summed E-state index contributed by atoms with van der Waals surface area (Å²) in [6.45, 7) is 4.26. The summed E-state index contributed by atoms with van der Waals surface area (Å²) in [5, 5.41) is 3.52. The maximum absolute atomic E-state index is 4.26. The summed E-state index contributed by atoms with van der Waals surface area (Å²) < 4.78 is 1.13. The number of aromatic nitrogens is 2. The third-order valence-corrected chi connectivity index (χ3v) is 3.52. The van der Waals surface area contributed by atoms with E-state index in [1.807, 2.05) is 12.3 Å². The minimum absolute atomic E-state index is 0.201. The average Bonchev–Trinajstić information content (AvgIpc) is 2.82. The van der Waals surface area contributed by atoms with Crippen LogP contribution in [0.4, 0.5) is 0 Å². The fourth-order valence-corrected chi connectivity index (χ4v) is 2.51. The van der Waals surface area contributed by atoms with Crippen molar-refractivity contribution >= 4 is 15.9 Å². The van der Waals surface area contributed by atoms with Crippen molar-refractivity contribution in [3.05, 3.63) is 52.5 Å². The van der Waals surface area contributed by atoms with Crippen molar-refractivity contribution in [1.82, 2.24) is 15.3 Å². The second-order valence-corrected chi connectivity index (χ2v) is 4.96. The minimum atomic E-state index is 0.201. The van der Waals surface area contributed by atoms with E-state index in [2.05, 4.69) is 63.3 Å². The molecule has 2 atom stereocenters. The average molecular weight is 294 g/mol. The van der Waals surface area contributed by atoms with E-state index in [9.17, 15) is 0 Å². The predicted octanol–water partition coefficient (Wildman–Crippen LogP) is 3.58. The fraction of sp³-hybridized carbons (Fsp3) is 0.308. The van der Waals surface area contributed by atoms with Crippen LogP contribution < -0.4 is 5.32 Å². The molecule has 0 fully saturated rings. The third kappa shape index (κ3) is 2.96. The predicted molar refractivity (Wildman–Crippen MR) is 72.7 cm³/mol. The zero-order chi connectivity index (χ0) is 12.3. The van der Waals surface area contributed by atoms with Crippen molar-refractivity contribution in [1.29, 1.82) is 0 Å². The van der Waals surface area contributed by atoms with Gasteiger partial charge in [0.15, 0.2) is 0 Å². The van der Waals surface area contributed by atoms with E-state index in [1.54, 1.807) is 6.20 Å². The van der Waals surface area contributed by atoms with Gasteiger partial charge in [-0.1, -0.05) is 34.1 Å². The number of benzene rings is 1. The Bertz CT molecular complexity index is 467. The van der Waals surface area contributed by atoms with Crippen LogP contribution in [0, 0.1) is 0 Å². The zero-order valence-electron chi connectivity index (χ0n) is 9.94. The Balaban J connectivity index is 2.07. The number of nitrogens with one attached hydrogen (secondary N) is 2. The fourth-order valence-electron chi connectivity index (χ4n) is 1.88. The number of halogens is 1. The molecule has 3 nitrogen and oxygen atoms in total. The van der Waals surface area contributed by atoms with E-state index in [1.165, 1.54) is 5.56 Å². The first-order valence-electron chi connectivity index (χ1n) is 5.68. The number of hydrogen-bond acceptors (Lipinski definition) is 2. The second kappa shape index (κ2) is 5.47. The second-order valence-electron chi connectivity index (χ2n) is 4.11. The van der Waals surface area contributed by atoms with Gasteiger partial charge in [-0.25, -0.2) is 4.98 Å².